The van der Waals surface area contributed by atoms with Crippen LogP contribution < -0.4 is 25.6 Å². The van der Waals surface area contributed by atoms with E-state index in [0.29, 0.717) is 35.7 Å². The Kier molecular flexibility index (Phi) is 10.2. The fourth-order valence-corrected chi connectivity index (χ4v) is 3.04. The average molecular weight is 456 g/mol. The first kappa shape index (κ1) is 25.7. The third kappa shape index (κ3) is 7.52. The molecular formula is C25H33N3O5. The summed E-state index contributed by atoms with van der Waals surface area (Å²) in [5.41, 5.74) is 5.58. The van der Waals surface area contributed by atoms with Crippen molar-refractivity contribution in [1.82, 2.24) is 16.2 Å². The maximum absolute atomic E-state index is 12.8. The fraction of sp³-hybridized carbons (Fsp3) is 0.400. The molecule has 0 unspecified atom stereocenters. The van der Waals surface area contributed by atoms with Crippen molar-refractivity contribution in [2.45, 2.75) is 46.1 Å². The number of unbranched alkanes of at least 4 members (excludes halogenated alkanes) is 1. The summed E-state index contributed by atoms with van der Waals surface area (Å²) >= 11 is 0. The molecule has 2 atom stereocenters. The summed E-state index contributed by atoms with van der Waals surface area (Å²) in [5.74, 6) is -0.544. The van der Waals surface area contributed by atoms with Gasteiger partial charge in [-0.3, -0.25) is 25.2 Å². The molecule has 0 heterocycles. The molecule has 33 heavy (non-hydrogen) atoms. The molecule has 2 aromatic carbocycles. The highest BCUT2D eigenvalue weighted by atomic mass is 16.5. The molecule has 2 aromatic rings. The number of hydrogen-bond donors (Lipinski definition) is 3. The monoisotopic (exact) mass is 455 g/mol. The number of hydrazine groups is 1. The molecule has 0 saturated heterocycles. The number of benzene rings is 2. The van der Waals surface area contributed by atoms with Crippen LogP contribution in [0.5, 0.6) is 11.5 Å². The molecule has 3 N–H and O–H groups in total. The fourth-order valence-electron chi connectivity index (χ4n) is 3.04. The van der Waals surface area contributed by atoms with Crippen LogP contribution in [0.4, 0.5) is 0 Å². The van der Waals surface area contributed by atoms with Crippen LogP contribution in [0.15, 0.2) is 48.5 Å². The van der Waals surface area contributed by atoms with E-state index >= 15 is 0 Å². The van der Waals surface area contributed by atoms with E-state index in [1.54, 1.807) is 42.5 Å². The van der Waals surface area contributed by atoms with Crippen LogP contribution >= 0.6 is 0 Å². The second-order valence-corrected chi connectivity index (χ2v) is 7.71. The molecule has 0 spiro atoms. The minimum absolute atomic E-state index is 0.144. The van der Waals surface area contributed by atoms with Gasteiger partial charge in [-0.2, -0.15) is 0 Å². The van der Waals surface area contributed by atoms with Gasteiger partial charge < -0.3 is 14.8 Å². The number of nitrogens with one attached hydrogen (secondary N) is 3. The number of ether oxygens (including phenoxy) is 2. The number of methoxy groups -OCH3 is 1. The summed E-state index contributed by atoms with van der Waals surface area (Å²) in [6, 6.07) is 12.6. The lowest BCUT2D eigenvalue weighted by Gasteiger charge is -2.23. The van der Waals surface area contributed by atoms with Crippen LogP contribution in [0, 0.1) is 5.92 Å². The molecule has 178 valence electrons. The van der Waals surface area contributed by atoms with E-state index in [1.807, 2.05) is 19.9 Å². The molecule has 0 fully saturated rings. The molecular weight excluding hydrogens is 422 g/mol. The summed E-state index contributed by atoms with van der Waals surface area (Å²) in [5, 5.41) is 2.76. The van der Waals surface area contributed by atoms with Crippen LogP contribution in [-0.4, -0.2) is 37.5 Å². The Labute approximate surface area is 195 Å². The zero-order valence-corrected chi connectivity index (χ0v) is 19.6. The number of rotatable bonds is 11. The summed E-state index contributed by atoms with van der Waals surface area (Å²) in [7, 11) is 1.50. The number of hydrogen-bond acceptors (Lipinski definition) is 5. The summed E-state index contributed by atoms with van der Waals surface area (Å²) in [6.07, 6.45) is 2.58. The Bertz CT molecular complexity index is 933. The average Bonchev–Trinajstić information content (AvgIpc) is 2.85. The maximum Gasteiger partial charge on any atom is 0.269 e. The predicted molar refractivity (Wildman–Crippen MR) is 126 cm³/mol. The Balaban J connectivity index is 2.02. The molecule has 8 nitrogen and oxygen atoms in total. The Morgan fingerprint density at radius 1 is 0.909 bits per heavy atom. The predicted octanol–water partition coefficient (Wildman–Crippen LogP) is 3.48. The molecule has 0 aliphatic heterocycles. The van der Waals surface area contributed by atoms with Gasteiger partial charge in [0, 0.05) is 11.1 Å². The van der Waals surface area contributed by atoms with Gasteiger partial charge in [-0.15, -0.1) is 0 Å². The first-order valence-corrected chi connectivity index (χ1v) is 11.2. The number of carbonyl (C=O) groups is 3. The Morgan fingerprint density at radius 3 is 2.27 bits per heavy atom. The van der Waals surface area contributed by atoms with Crippen molar-refractivity contribution in [2.75, 3.05) is 13.7 Å². The highest BCUT2D eigenvalue weighted by molar-refractivity contribution is 5.99. The quantitative estimate of drug-likeness (QED) is 0.355. The second kappa shape index (κ2) is 13.1. The highest BCUT2D eigenvalue weighted by Gasteiger charge is 2.27. The van der Waals surface area contributed by atoms with Gasteiger partial charge in [0.2, 0.25) is 0 Å². The molecule has 0 aliphatic rings. The molecule has 0 bridgehead atoms. The van der Waals surface area contributed by atoms with Crippen LogP contribution in [0.25, 0.3) is 0 Å². The minimum Gasteiger partial charge on any atom is -0.493 e. The van der Waals surface area contributed by atoms with Crippen molar-refractivity contribution >= 4 is 17.7 Å². The van der Waals surface area contributed by atoms with Crippen LogP contribution in [0.1, 0.15) is 60.7 Å². The van der Waals surface area contributed by atoms with Crippen molar-refractivity contribution in [1.29, 1.82) is 0 Å². The lowest BCUT2D eigenvalue weighted by atomic mass is 9.98. The van der Waals surface area contributed by atoms with Crippen molar-refractivity contribution in [3.63, 3.8) is 0 Å². The highest BCUT2D eigenvalue weighted by Crippen LogP contribution is 2.28. The van der Waals surface area contributed by atoms with Crippen LogP contribution in [-0.2, 0) is 4.79 Å². The van der Waals surface area contributed by atoms with Gasteiger partial charge in [0.05, 0.1) is 13.7 Å². The largest absolute Gasteiger partial charge is 0.493 e. The van der Waals surface area contributed by atoms with Gasteiger partial charge >= 0.3 is 0 Å². The van der Waals surface area contributed by atoms with Gasteiger partial charge in [-0.25, -0.2) is 0 Å². The SMILES string of the molecule is CCCCOc1ccc(C(=O)NNC(=O)[C@@H](NC(=O)c2ccccc2)[C@@H](C)CC)cc1OC. The van der Waals surface area contributed by atoms with E-state index in [1.165, 1.54) is 7.11 Å². The van der Waals surface area contributed by atoms with Crippen LogP contribution in [0.3, 0.4) is 0 Å². The third-order valence-electron chi connectivity index (χ3n) is 5.30. The lowest BCUT2D eigenvalue weighted by Crippen LogP contribution is -2.54. The van der Waals surface area contributed by atoms with Gasteiger partial charge in [0.25, 0.3) is 17.7 Å². The van der Waals surface area contributed by atoms with Gasteiger partial charge in [-0.05, 0) is 42.7 Å². The third-order valence-corrected chi connectivity index (χ3v) is 5.30. The zero-order valence-electron chi connectivity index (χ0n) is 19.6. The van der Waals surface area contributed by atoms with E-state index in [4.69, 9.17) is 9.47 Å². The molecule has 0 aromatic heterocycles. The smallest absolute Gasteiger partial charge is 0.269 e. The maximum atomic E-state index is 12.8. The first-order chi connectivity index (χ1) is 15.9. The second-order valence-electron chi connectivity index (χ2n) is 7.71. The van der Waals surface area contributed by atoms with Crippen molar-refractivity contribution < 1.29 is 23.9 Å². The van der Waals surface area contributed by atoms with E-state index in [-0.39, 0.29) is 11.8 Å². The summed E-state index contributed by atoms with van der Waals surface area (Å²) in [4.78, 5) is 37.9. The number of carbonyl (C=O) groups excluding carboxylic acids is 3. The normalized spacial score (nSPS) is 12.2. The standard InChI is InChI=1S/C25H33N3O5/c1-5-7-15-33-20-14-13-19(16-21(20)32-4)24(30)27-28-25(31)22(17(3)6-2)26-23(29)18-11-9-8-10-12-18/h8-14,16-17,22H,5-7,15H2,1-4H3,(H,26,29)(H,27,30)(H,28,31)/t17-,22-/m0/s1. The first-order valence-electron chi connectivity index (χ1n) is 11.2. The van der Waals surface area contributed by atoms with Gasteiger partial charge in [0.15, 0.2) is 11.5 Å². The Morgan fingerprint density at radius 2 is 1.64 bits per heavy atom. The Hall–Kier alpha value is -3.55. The molecule has 0 radical (unpaired) electrons. The molecule has 3 amide bonds. The van der Waals surface area contributed by atoms with E-state index in [0.717, 1.165) is 12.8 Å². The van der Waals surface area contributed by atoms with Gasteiger partial charge in [-0.1, -0.05) is 51.8 Å². The van der Waals surface area contributed by atoms with Crippen molar-refractivity contribution in [2.24, 2.45) is 5.92 Å². The topological polar surface area (TPSA) is 106 Å². The molecule has 0 aliphatic carbocycles. The minimum atomic E-state index is -0.813. The van der Waals surface area contributed by atoms with Gasteiger partial charge in [0.1, 0.15) is 6.04 Å². The van der Waals surface area contributed by atoms with E-state index < -0.39 is 17.9 Å². The molecule has 0 saturated carbocycles. The van der Waals surface area contributed by atoms with Crippen LogP contribution in [0.2, 0.25) is 0 Å². The van der Waals surface area contributed by atoms with Crippen molar-refractivity contribution in [3.05, 3.63) is 59.7 Å². The summed E-state index contributed by atoms with van der Waals surface area (Å²) in [6.45, 7) is 6.41. The summed E-state index contributed by atoms with van der Waals surface area (Å²) < 4.78 is 11.0. The molecule has 2 rings (SSSR count). The lowest BCUT2D eigenvalue weighted by molar-refractivity contribution is -0.124. The van der Waals surface area contributed by atoms with E-state index in [2.05, 4.69) is 23.1 Å². The zero-order chi connectivity index (χ0) is 24.2. The molecule has 8 heteroatoms. The van der Waals surface area contributed by atoms with E-state index in [9.17, 15) is 14.4 Å². The van der Waals surface area contributed by atoms with Crippen molar-refractivity contribution in [3.8, 4) is 11.5 Å². The number of amides is 3.